The lowest BCUT2D eigenvalue weighted by Crippen LogP contribution is -2.34. The number of carbonyl (C=O) groups excluding carboxylic acids is 1. The van der Waals surface area contributed by atoms with E-state index < -0.39 is 0 Å². The highest BCUT2D eigenvalue weighted by atomic mass is 16.2. The Labute approximate surface area is 96.2 Å². The van der Waals surface area contributed by atoms with Gasteiger partial charge in [0, 0.05) is 25.2 Å². The van der Waals surface area contributed by atoms with Gasteiger partial charge in [0.1, 0.15) is 0 Å². The monoisotopic (exact) mass is 218 g/mol. The fourth-order valence-corrected chi connectivity index (χ4v) is 2.39. The van der Waals surface area contributed by atoms with Crippen LogP contribution in [0.1, 0.15) is 25.3 Å². The molecular formula is C13H18N2O. The largest absolute Gasteiger partial charge is 0.399 e. The summed E-state index contributed by atoms with van der Waals surface area (Å²) in [4.78, 5) is 13.4. The van der Waals surface area contributed by atoms with Crippen molar-refractivity contribution in [2.75, 3.05) is 12.3 Å². The molecule has 1 aromatic rings. The Morgan fingerprint density at radius 2 is 2.12 bits per heavy atom. The average molecular weight is 218 g/mol. The molecular weight excluding hydrogens is 200 g/mol. The highest BCUT2D eigenvalue weighted by Crippen LogP contribution is 2.21. The molecule has 16 heavy (non-hydrogen) atoms. The quantitative estimate of drug-likeness (QED) is 0.770. The van der Waals surface area contributed by atoms with Crippen LogP contribution < -0.4 is 5.73 Å². The molecule has 86 valence electrons. The van der Waals surface area contributed by atoms with Gasteiger partial charge in [-0.3, -0.25) is 4.79 Å². The standard InChI is InChI=1S/C13H18N2O/c1-10(16)15-8-2-3-13(15)9-11-4-6-12(14)7-5-11/h4-7,13H,2-3,8-9,14H2,1H3. The molecule has 1 atom stereocenters. The van der Waals surface area contributed by atoms with E-state index in [4.69, 9.17) is 5.73 Å². The van der Waals surface area contributed by atoms with Gasteiger partial charge in [0.15, 0.2) is 0 Å². The molecule has 1 unspecified atom stereocenters. The van der Waals surface area contributed by atoms with Crippen LogP contribution in [0.3, 0.4) is 0 Å². The van der Waals surface area contributed by atoms with Gasteiger partial charge in [-0.05, 0) is 37.0 Å². The Morgan fingerprint density at radius 1 is 1.44 bits per heavy atom. The molecule has 3 nitrogen and oxygen atoms in total. The molecule has 2 rings (SSSR count). The van der Waals surface area contributed by atoms with Crippen LogP contribution in [0.15, 0.2) is 24.3 Å². The van der Waals surface area contributed by atoms with Gasteiger partial charge in [-0.1, -0.05) is 12.1 Å². The van der Waals surface area contributed by atoms with Crippen LogP contribution in [0.4, 0.5) is 5.69 Å². The minimum absolute atomic E-state index is 0.193. The number of rotatable bonds is 2. The fourth-order valence-electron chi connectivity index (χ4n) is 2.39. The molecule has 1 amide bonds. The van der Waals surface area contributed by atoms with Gasteiger partial charge in [0.2, 0.25) is 5.91 Å². The minimum atomic E-state index is 0.193. The fraction of sp³-hybridized carbons (Fsp3) is 0.462. The smallest absolute Gasteiger partial charge is 0.219 e. The molecule has 0 saturated carbocycles. The van der Waals surface area contributed by atoms with Gasteiger partial charge >= 0.3 is 0 Å². The molecule has 2 N–H and O–H groups in total. The summed E-state index contributed by atoms with van der Waals surface area (Å²) in [5.41, 5.74) is 7.69. The summed E-state index contributed by atoms with van der Waals surface area (Å²) in [6.45, 7) is 2.57. The maximum absolute atomic E-state index is 11.4. The molecule has 1 aromatic carbocycles. The normalized spacial score (nSPS) is 20.1. The summed E-state index contributed by atoms with van der Waals surface area (Å²) >= 11 is 0. The lowest BCUT2D eigenvalue weighted by molar-refractivity contribution is -0.129. The first kappa shape index (κ1) is 11.0. The second-order valence-corrected chi connectivity index (χ2v) is 4.45. The molecule has 0 radical (unpaired) electrons. The van der Waals surface area contributed by atoms with Crippen LogP contribution in [0, 0.1) is 0 Å². The van der Waals surface area contributed by atoms with Gasteiger partial charge in [0.25, 0.3) is 0 Å². The van der Waals surface area contributed by atoms with Crippen molar-refractivity contribution in [3.05, 3.63) is 29.8 Å². The Hall–Kier alpha value is -1.51. The molecule has 0 spiro atoms. The summed E-state index contributed by atoms with van der Waals surface area (Å²) in [6, 6.07) is 8.31. The van der Waals surface area contributed by atoms with Crippen molar-refractivity contribution in [1.82, 2.24) is 4.90 Å². The predicted octanol–water partition coefficient (Wildman–Crippen LogP) is 1.82. The first-order chi connectivity index (χ1) is 7.66. The Morgan fingerprint density at radius 3 is 2.75 bits per heavy atom. The van der Waals surface area contributed by atoms with E-state index in [2.05, 4.69) is 0 Å². The second-order valence-electron chi connectivity index (χ2n) is 4.45. The van der Waals surface area contributed by atoms with E-state index in [1.807, 2.05) is 29.2 Å². The average Bonchev–Trinajstić information content (AvgIpc) is 2.69. The van der Waals surface area contributed by atoms with Crippen LogP contribution in [0.5, 0.6) is 0 Å². The third-order valence-electron chi connectivity index (χ3n) is 3.23. The zero-order valence-electron chi connectivity index (χ0n) is 9.65. The van der Waals surface area contributed by atoms with Crippen LogP contribution >= 0.6 is 0 Å². The van der Waals surface area contributed by atoms with E-state index in [0.29, 0.717) is 6.04 Å². The van der Waals surface area contributed by atoms with E-state index >= 15 is 0 Å². The van der Waals surface area contributed by atoms with E-state index in [0.717, 1.165) is 31.5 Å². The van der Waals surface area contributed by atoms with Crippen molar-refractivity contribution in [2.45, 2.75) is 32.2 Å². The number of amides is 1. The Bertz CT molecular complexity index is 372. The van der Waals surface area contributed by atoms with Gasteiger partial charge < -0.3 is 10.6 Å². The summed E-state index contributed by atoms with van der Waals surface area (Å²) < 4.78 is 0. The number of carbonyl (C=O) groups is 1. The summed E-state index contributed by atoms with van der Waals surface area (Å²) in [5, 5.41) is 0. The van der Waals surface area contributed by atoms with Crippen molar-refractivity contribution in [1.29, 1.82) is 0 Å². The van der Waals surface area contributed by atoms with Crippen LogP contribution in [-0.2, 0) is 11.2 Å². The highest BCUT2D eigenvalue weighted by molar-refractivity contribution is 5.73. The number of nitrogens with two attached hydrogens (primary N) is 1. The number of nitrogens with zero attached hydrogens (tertiary/aromatic N) is 1. The highest BCUT2D eigenvalue weighted by Gasteiger charge is 2.26. The zero-order valence-corrected chi connectivity index (χ0v) is 9.65. The second kappa shape index (κ2) is 4.56. The third kappa shape index (κ3) is 2.35. The molecule has 3 heteroatoms. The van der Waals surface area contributed by atoms with Crippen molar-refractivity contribution in [2.24, 2.45) is 0 Å². The van der Waals surface area contributed by atoms with Crippen molar-refractivity contribution in [3.8, 4) is 0 Å². The van der Waals surface area contributed by atoms with Crippen molar-refractivity contribution >= 4 is 11.6 Å². The molecule has 1 aliphatic heterocycles. The third-order valence-corrected chi connectivity index (χ3v) is 3.23. The number of benzene rings is 1. The maximum atomic E-state index is 11.4. The minimum Gasteiger partial charge on any atom is -0.399 e. The topological polar surface area (TPSA) is 46.3 Å². The summed E-state index contributed by atoms with van der Waals surface area (Å²) in [6.07, 6.45) is 3.18. The van der Waals surface area contributed by atoms with Gasteiger partial charge in [-0.15, -0.1) is 0 Å². The first-order valence-electron chi connectivity index (χ1n) is 5.78. The molecule has 1 fully saturated rings. The van der Waals surface area contributed by atoms with Gasteiger partial charge in [-0.2, -0.15) is 0 Å². The summed E-state index contributed by atoms with van der Waals surface area (Å²) in [5.74, 6) is 0.193. The number of hydrogen-bond acceptors (Lipinski definition) is 2. The Balaban J connectivity index is 2.03. The summed E-state index contributed by atoms with van der Waals surface area (Å²) in [7, 11) is 0. The molecule has 0 aliphatic carbocycles. The van der Waals surface area contributed by atoms with E-state index in [1.54, 1.807) is 6.92 Å². The van der Waals surface area contributed by atoms with E-state index in [1.165, 1.54) is 5.56 Å². The maximum Gasteiger partial charge on any atom is 0.219 e. The zero-order chi connectivity index (χ0) is 11.5. The SMILES string of the molecule is CC(=O)N1CCCC1Cc1ccc(N)cc1. The van der Waals surface area contributed by atoms with Crippen LogP contribution in [-0.4, -0.2) is 23.4 Å². The number of likely N-dealkylation sites (tertiary alicyclic amines) is 1. The van der Waals surface area contributed by atoms with E-state index in [9.17, 15) is 4.79 Å². The van der Waals surface area contributed by atoms with Crippen molar-refractivity contribution < 1.29 is 4.79 Å². The molecule has 1 heterocycles. The number of nitrogen functional groups attached to an aromatic ring is 1. The molecule has 0 bridgehead atoms. The van der Waals surface area contributed by atoms with Gasteiger partial charge in [0.05, 0.1) is 0 Å². The van der Waals surface area contributed by atoms with Crippen LogP contribution in [0.2, 0.25) is 0 Å². The predicted molar refractivity (Wildman–Crippen MR) is 65.0 cm³/mol. The first-order valence-corrected chi connectivity index (χ1v) is 5.78. The molecule has 1 saturated heterocycles. The lowest BCUT2D eigenvalue weighted by Gasteiger charge is -2.23. The molecule has 1 aliphatic rings. The van der Waals surface area contributed by atoms with Gasteiger partial charge in [-0.25, -0.2) is 0 Å². The van der Waals surface area contributed by atoms with Crippen LogP contribution in [0.25, 0.3) is 0 Å². The number of hydrogen-bond donors (Lipinski definition) is 1. The number of anilines is 1. The Kier molecular flexibility index (Phi) is 3.13. The molecule has 0 aromatic heterocycles. The lowest BCUT2D eigenvalue weighted by atomic mass is 10.0. The van der Waals surface area contributed by atoms with E-state index in [-0.39, 0.29) is 5.91 Å². The van der Waals surface area contributed by atoms with Crippen molar-refractivity contribution in [3.63, 3.8) is 0 Å².